The Kier molecular flexibility index (Phi) is 5.66. The number of halogens is 4. The lowest BCUT2D eigenvalue weighted by molar-refractivity contribution is -0.0713. The van der Waals surface area contributed by atoms with Gasteiger partial charge in [-0.15, -0.1) is 12.4 Å². The molecule has 0 radical (unpaired) electrons. The van der Waals surface area contributed by atoms with Crippen molar-refractivity contribution < 1.29 is 13.9 Å². The number of hydrogen-bond acceptors (Lipinski definition) is 2. The molecule has 15 heavy (non-hydrogen) atoms. The molecule has 0 fully saturated rings. The number of benzene rings is 1. The number of nitrogens with two attached hydrogens (primary N) is 1. The van der Waals surface area contributed by atoms with E-state index in [9.17, 15) is 8.78 Å². The highest BCUT2D eigenvalue weighted by Gasteiger charge is 2.38. The van der Waals surface area contributed by atoms with Gasteiger partial charge in [-0.3, -0.25) is 0 Å². The van der Waals surface area contributed by atoms with E-state index in [1.54, 1.807) is 18.2 Å². The predicted octanol–water partition coefficient (Wildman–Crippen LogP) is 2.50. The van der Waals surface area contributed by atoms with Crippen LogP contribution in [0.3, 0.4) is 0 Å². The van der Waals surface area contributed by atoms with Crippen molar-refractivity contribution in [1.82, 2.24) is 0 Å². The number of aliphatic hydroxyl groups excluding tert-OH is 1. The molecule has 0 heterocycles. The molecule has 0 aliphatic rings. The van der Waals surface area contributed by atoms with Gasteiger partial charge in [0.2, 0.25) is 0 Å². The van der Waals surface area contributed by atoms with Crippen molar-refractivity contribution in [3.63, 3.8) is 0 Å². The van der Waals surface area contributed by atoms with Gasteiger partial charge in [-0.05, 0) is 11.6 Å². The number of alkyl halides is 2. The minimum Gasteiger partial charge on any atom is -0.390 e. The molecule has 86 valence electrons. The minimum atomic E-state index is -3.30. The Balaban J connectivity index is 0.00000196. The molecule has 0 amide bonds. The van der Waals surface area contributed by atoms with Gasteiger partial charge < -0.3 is 10.8 Å². The lowest BCUT2D eigenvalue weighted by atomic mass is 10.0. The van der Waals surface area contributed by atoms with Gasteiger partial charge >= 0.3 is 0 Å². The highest BCUT2D eigenvalue weighted by Crippen LogP contribution is 2.32. The quantitative estimate of drug-likeness (QED) is 0.901. The van der Waals surface area contributed by atoms with E-state index in [4.69, 9.17) is 10.8 Å². The van der Waals surface area contributed by atoms with Crippen LogP contribution in [-0.2, 0) is 0 Å². The first-order valence-corrected chi connectivity index (χ1v) is 4.77. The first kappa shape index (κ1) is 14.8. The molecular weight excluding hydrogens is 291 g/mol. The average molecular weight is 303 g/mol. The Bertz CT molecular complexity index is 325. The second kappa shape index (κ2) is 5.75. The fourth-order valence-electron chi connectivity index (χ4n) is 1.05. The van der Waals surface area contributed by atoms with E-state index in [0.29, 0.717) is 4.47 Å². The van der Waals surface area contributed by atoms with Crippen LogP contribution in [0.5, 0.6) is 0 Å². The van der Waals surface area contributed by atoms with Gasteiger partial charge in [-0.1, -0.05) is 34.1 Å². The molecule has 3 N–H and O–H groups in total. The molecular formula is C9H11BrClF2NO. The third-order valence-electron chi connectivity index (χ3n) is 1.91. The van der Waals surface area contributed by atoms with Crippen molar-refractivity contribution >= 4 is 28.3 Å². The summed E-state index contributed by atoms with van der Waals surface area (Å²) in [7, 11) is 0. The Morgan fingerprint density at radius 2 is 1.93 bits per heavy atom. The van der Waals surface area contributed by atoms with E-state index in [1.807, 2.05) is 0 Å². The van der Waals surface area contributed by atoms with Gasteiger partial charge in [0.15, 0.2) is 0 Å². The average Bonchev–Trinajstić information content (AvgIpc) is 2.17. The number of rotatable bonds is 3. The Labute approximate surface area is 101 Å². The molecule has 0 spiro atoms. The standard InChI is InChI=1S/C9H10BrF2NO.ClH/c10-7-4-2-1-3-6(7)8(13)9(11,12)5-14;/h1-4,8,14H,5,13H2;1H/t8-;/m0./s1. The Hall–Kier alpha value is -0.230. The molecule has 0 bridgehead atoms. The monoisotopic (exact) mass is 301 g/mol. The Morgan fingerprint density at radius 3 is 2.40 bits per heavy atom. The maximum atomic E-state index is 13.0. The zero-order chi connectivity index (χ0) is 10.8. The molecule has 2 nitrogen and oxygen atoms in total. The van der Waals surface area contributed by atoms with Crippen LogP contribution < -0.4 is 5.73 Å². The maximum Gasteiger partial charge on any atom is 0.289 e. The number of aliphatic hydroxyl groups is 1. The predicted molar refractivity (Wildman–Crippen MR) is 60.4 cm³/mol. The highest BCUT2D eigenvalue weighted by atomic mass is 79.9. The highest BCUT2D eigenvalue weighted by molar-refractivity contribution is 9.10. The van der Waals surface area contributed by atoms with Crippen LogP contribution in [0, 0.1) is 0 Å². The van der Waals surface area contributed by atoms with E-state index in [1.165, 1.54) is 6.07 Å². The van der Waals surface area contributed by atoms with E-state index in [2.05, 4.69) is 15.9 Å². The topological polar surface area (TPSA) is 46.2 Å². The number of hydrogen-bond donors (Lipinski definition) is 2. The molecule has 0 aromatic heterocycles. The summed E-state index contributed by atoms with van der Waals surface area (Å²) in [4.78, 5) is 0. The smallest absolute Gasteiger partial charge is 0.289 e. The molecule has 1 rings (SSSR count). The molecule has 1 aromatic rings. The normalized spacial score (nSPS) is 13.1. The third kappa shape index (κ3) is 3.38. The summed E-state index contributed by atoms with van der Waals surface area (Å²) in [5.41, 5.74) is 5.63. The summed E-state index contributed by atoms with van der Waals surface area (Å²) in [6.45, 7) is -1.25. The first-order chi connectivity index (χ1) is 6.49. The first-order valence-electron chi connectivity index (χ1n) is 3.97. The third-order valence-corrected chi connectivity index (χ3v) is 2.63. The van der Waals surface area contributed by atoms with Crippen LogP contribution in [0.1, 0.15) is 11.6 Å². The van der Waals surface area contributed by atoms with Gasteiger partial charge in [-0.25, -0.2) is 8.78 Å². The van der Waals surface area contributed by atoms with Gasteiger partial charge in [0, 0.05) is 4.47 Å². The summed E-state index contributed by atoms with van der Waals surface area (Å²) in [5, 5.41) is 8.47. The lowest BCUT2D eigenvalue weighted by Gasteiger charge is -2.22. The SMILES string of the molecule is Cl.N[C@@H](c1ccccc1Br)C(F)(F)CO. The second-order valence-corrected chi connectivity index (χ2v) is 3.77. The van der Waals surface area contributed by atoms with Crippen LogP contribution in [0.25, 0.3) is 0 Å². The fourth-order valence-corrected chi connectivity index (χ4v) is 1.58. The molecule has 0 unspecified atom stereocenters. The molecule has 6 heteroatoms. The molecule has 0 saturated carbocycles. The summed E-state index contributed by atoms with van der Waals surface area (Å²) in [6.07, 6.45) is 0. The molecule has 0 aliphatic heterocycles. The molecule has 0 saturated heterocycles. The molecule has 0 aliphatic carbocycles. The van der Waals surface area contributed by atoms with Crippen LogP contribution in [0.15, 0.2) is 28.7 Å². The van der Waals surface area contributed by atoms with E-state index >= 15 is 0 Å². The summed E-state index contributed by atoms with van der Waals surface area (Å²) >= 11 is 3.12. The largest absolute Gasteiger partial charge is 0.390 e. The van der Waals surface area contributed by atoms with Crippen LogP contribution in [0.4, 0.5) is 8.78 Å². The lowest BCUT2D eigenvalue weighted by Crippen LogP contribution is -2.36. The Morgan fingerprint density at radius 1 is 1.40 bits per heavy atom. The van der Waals surface area contributed by atoms with Crippen molar-refractivity contribution in [2.45, 2.75) is 12.0 Å². The van der Waals surface area contributed by atoms with Crippen molar-refractivity contribution in [3.05, 3.63) is 34.3 Å². The molecule has 1 aromatic carbocycles. The van der Waals surface area contributed by atoms with Crippen molar-refractivity contribution in [1.29, 1.82) is 0 Å². The summed E-state index contributed by atoms with van der Waals surface area (Å²) in [6, 6.07) is 4.95. The van der Waals surface area contributed by atoms with E-state index in [0.717, 1.165) is 0 Å². The van der Waals surface area contributed by atoms with Crippen LogP contribution >= 0.6 is 28.3 Å². The van der Waals surface area contributed by atoms with Crippen molar-refractivity contribution in [2.24, 2.45) is 5.73 Å². The summed E-state index contributed by atoms with van der Waals surface area (Å²) < 4.78 is 26.5. The van der Waals surface area contributed by atoms with Gasteiger partial charge in [0.25, 0.3) is 5.92 Å². The zero-order valence-electron chi connectivity index (χ0n) is 7.66. The minimum absolute atomic E-state index is 0. The van der Waals surface area contributed by atoms with Gasteiger partial charge in [-0.2, -0.15) is 0 Å². The maximum absolute atomic E-state index is 13.0. The van der Waals surface area contributed by atoms with Gasteiger partial charge in [0.05, 0.1) is 6.04 Å². The fraction of sp³-hybridized carbons (Fsp3) is 0.333. The van der Waals surface area contributed by atoms with E-state index < -0.39 is 18.6 Å². The van der Waals surface area contributed by atoms with E-state index in [-0.39, 0.29) is 18.0 Å². The second-order valence-electron chi connectivity index (χ2n) is 2.92. The molecule has 1 atom stereocenters. The van der Waals surface area contributed by atoms with Crippen LogP contribution in [0.2, 0.25) is 0 Å². The summed E-state index contributed by atoms with van der Waals surface area (Å²) in [5.74, 6) is -3.30. The zero-order valence-corrected chi connectivity index (χ0v) is 10.1. The van der Waals surface area contributed by atoms with Crippen LogP contribution in [-0.4, -0.2) is 17.6 Å². The van der Waals surface area contributed by atoms with Crippen molar-refractivity contribution in [3.8, 4) is 0 Å². The van der Waals surface area contributed by atoms with Gasteiger partial charge in [0.1, 0.15) is 6.61 Å². The van der Waals surface area contributed by atoms with Crippen molar-refractivity contribution in [2.75, 3.05) is 6.61 Å².